The summed E-state index contributed by atoms with van der Waals surface area (Å²) < 4.78 is 0. The van der Waals surface area contributed by atoms with Crippen LogP contribution in [0.1, 0.15) is 77.7 Å². The van der Waals surface area contributed by atoms with E-state index in [9.17, 15) is 0 Å². The lowest BCUT2D eigenvalue weighted by Gasteiger charge is -2.40. The molecule has 2 aromatic rings. The Labute approximate surface area is 220 Å². The zero-order valence-corrected chi connectivity index (χ0v) is 23.3. The number of piperazine rings is 1. The minimum atomic E-state index is 0. The summed E-state index contributed by atoms with van der Waals surface area (Å²) in [6, 6.07) is 11.5. The third kappa shape index (κ3) is 7.12. The number of anilines is 1. The normalized spacial score (nSPS) is 21.5. The van der Waals surface area contributed by atoms with E-state index in [4.69, 9.17) is 0 Å². The average molecular weight is 507 g/mol. The summed E-state index contributed by atoms with van der Waals surface area (Å²) in [5.41, 5.74) is 6.05. The van der Waals surface area contributed by atoms with Crippen LogP contribution in [0.3, 0.4) is 0 Å². The van der Waals surface area contributed by atoms with Crippen LogP contribution < -0.4 is 4.90 Å². The maximum Gasteiger partial charge on any atom is 0.0402 e. The van der Waals surface area contributed by atoms with Gasteiger partial charge in [0.2, 0.25) is 0 Å². The third-order valence-corrected chi connectivity index (χ3v) is 7.96. The van der Waals surface area contributed by atoms with E-state index in [1.165, 1.54) is 75.0 Å². The first-order chi connectivity index (χ1) is 15.5. The summed E-state index contributed by atoms with van der Waals surface area (Å²) in [6.07, 6.45) is 11.8. The van der Waals surface area contributed by atoms with Crippen molar-refractivity contribution in [3.8, 4) is 11.1 Å². The molecule has 0 unspecified atom stereocenters. The standard InChI is InChI=1S/C29H43N3.2ClH/c1-5-6-16-31-17-19-32(20-18-31)28-14-11-24(25-8-7-15-30-22-25)21-27(28)23-9-12-26(13-10-23)29(2,3)4;;/h7-8,11,14-15,21-23,26H,5-6,9-10,12-13,16-20H2,1-4H3;2*1H. The largest absolute Gasteiger partial charge is 0.369 e. The van der Waals surface area contributed by atoms with Crippen LogP contribution in [0.5, 0.6) is 0 Å². The molecule has 1 saturated heterocycles. The summed E-state index contributed by atoms with van der Waals surface area (Å²) in [5, 5.41) is 0. The Kier molecular flexibility index (Phi) is 11.2. The number of aromatic nitrogens is 1. The molecule has 2 fully saturated rings. The second-order valence-electron chi connectivity index (χ2n) is 11.1. The Morgan fingerprint density at radius 1 is 0.912 bits per heavy atom. The molecule has 5 heteroatoms. The molecule has 0 amide bonds. The Bertz CT molecular complexity index is 849. The van der Waals surface area contributed by atoms with E-state index >= 15 is 0 Å². The monoisotopic (exact) mass is 505 g/mol. The van der Waals surface area contributed by atoms with Gasteiger partial charge in [-0.3, -0.25) is 9.88 Å². The van der Waals surface area contributed by atoms with Crippen molar-refractivity contribution in [3.63, 3.8) is 0 Å². The van der Waals surface area contributed by atoms with E-state index in [-0.39, 0.29) is 24.8 Å². The van der Waals surface area contributed by atoms with E-state index in [1.807, 2.05) is 18.5 Å². The Morgan fingerprint density at radius 3 is 2.21 bits per heavy atom. The highest BCUT2D eigenvalue weighted by Gasteiger charge is 2.32. The van der Waals surface area contributed by atoms with Gasteiger partial charge in [0, 0.05) is 44.3 Å². The molecule has 34 heavy (non-hydrogen) atoms. The molecule has 0 atom stereocenters. The van der Waals surface area contributed by atoms with E-state index < -0.39 is 0 Å². The maximum absolute atomic E-state index is 4.37. The average Bonchev–Trinajstić information content (AvgIpc) is 2.83. The van der Waals surface area contributed by atoms with Gasteiger partial charge in [-0.2, -0.15) is 0 Å². The molecule has 0 N–H and O–H groups in total. The van der Waals surface area contributed by atoms with Crippen LogP contribution in [0.2, 0.25) is 0 Å². The topological polar surface area (TPSA) is 19.4 Å². The second-order valence-corrected chi connectivity index (χ2v) is 11.1. The van der Waals surface area contributed by atoms with Crippen LogP contribution in [0.25, 0.3) is 11.1 Å². The van der Waals surface area contributed by atoms with Gasteiger partial charge in [0.25, 0.3) is 0 Å². The molecule has 1 saturated carbocycles. The first kappa shape index (κ1) is 28.9. The predicted octanol–water partition coefficient (Wildman–Crippen LogP) is 7.83. The third-order valence-electron chi connectivity index (χ3n) is 7.96. The Morgan fingerprint density at radius 2 is 1.62 bits per heavy atom. The highest BCUT2D eigenvalue weighted by molar-refractivity contribution is 5.85. The van der Waals surface area contributed by atoms with Gasteiger partial charge in [-0.05, 0) is 90.8 Å². The number of unbranched alkanes of at least 4 members (excludes halogenated alkanes) is 1. The molecule has 3 nitrogen and oxygen atoms in total. The highest BCUT2D eigenvalue weighted by atomic mass is 35.5. The van der Waals surface area contributed by atoms with Crippen LogP contribution in [0, 0.1) is 11.3 Å². The molecular weight excluding hydrogens is 461 g/mol. The van der Waals surface area contributed by atoms with Crippen molar-refractivity contribution >= 4 is 30.5 Å². The summed E-state index contributed by atoms with van der Waals surface area (Å²) in [7, 11) is 0. The van der Waals surface area contributed by atoms with Crippen molar-refractivity contribution in [1.82, 2.24) is 9.88 Å². The fourth-order valence-corrected chi connectivity index (χ4v) is 5.75. The van der Waals surface area contributed by atoms with Gasteiger partial charge in [-0.1, -0.05) is 46.2 Å². The summed E-state index contributed by atoms with van der Waals surface area (Å²) in [5.74, 6) is 1.53. The molecular formula is C29H45Cl2N3. The molecule has 2 heterocycles. The molecule has 2 aliphatic rings. The number of hydrogen-bond acceptors (Lipinski definition) is 3. The maximum atomic E-state index is 4.37. The molecule has 0 spiro atoms. The van der Waals surface area contributed by atoms with Crippen molar-refractivity contribution in [2.45, 2.75) is 72.1 Å². The number of benzene rings is 1. The molecule has 0 bridgehead atoms. The van der Waals surface area contributed by atoms with Crippen LogP contribution in [-0.2, 0) is 0 Å². The van der Waals surface area contributed by atoms with Gasteiger partial charge in [-0.15, -0.1) is 24.8 Å². The fourth-order valence-electron chi connectivity index (χ4n) is 5.75. The van der Waals surface area contributed by atoms with Crippen molar-refractivity contribution in [2.24, 2.45) is 11.3 Å². The molecule has 190 valence electrons. The number of rotatable bonds is 6. The van der Waals surface area contributed by atoms with Gasteiger partial charge in [0.05, 0.1) is 0 Å². The predicted molar refractivity (Wildman–Crippen MR) is 152 cm³/mol. The van der Waals surface area contributed by atoms with Gasteiger partial charge in [0.1, 0.15) is 0 Å². The summed E-state index contributed by atoms with van der Waals surface area (Å²) >= 11 is 0. The van der Waals surface area contributed by atoms with Crippen molar-refractivity contribution in [1.29, 1.82) is 0 Å². The lowest BCUT2D eigenvalue weighted by atomic mass is 9.68. The summed E-state index contributed by atoms with van der Waals surface area (Å²) in [6.45, 7) is 15.5. The molecule has 4 rings (SSSR count). The Hall–Kier alpha value is -1.29. The first-order valence-electron chi connectivity index (χ1n) is 13.0. The van der Waals surface area contributed by atoms with E-state index in [1.54, 1.807) is 5.56 Å². The van der Waals surface area contributed by atoms with E-state index in [0.29, 0.717) is 11.3 Å². The number of nitrogens with zero attached hydrogens (tertiary/aromatic N) is 3. The first-order valence-corrected chi connectivity index (χ1v) is 13.0. The zero-order chi connectivity index (χ0) is 22.6. The number of halogens is 2. The fraction of sp³-hybridized carbons (Fsp3) is 0.621. The summed E-state index contributed by atoms with van der Waals surface area (Å²) in [4.78, 5) is 9.69. The number of hydrogen-bond donors (Lipinski definition) is 0. The van der Waals surface area contributed by atoms with Crippen molar-refractivity contribution in [3.05, 3.63) is 48.3 Å². The van der Waals surface area contributed by atoms with Crippen LogP contribution in [0.4, 0.5) is 5.69 Å². The second kappa shape index (κ2) is 13.1. The van der Waals surface area contributed by atoms with Gasteiger partial charge in [0.15, 0.2) is 0 Å². The quantitative estimate of drug-likeness (QED) is 0.398. The molecule has 1 aliphatic carbocycles. The van der Waals surface area contributed by atoms with E-state index in [2.05, 4.69) is 66.7 Å². The van der Waals surface area contributed by atoms with E-state index in [0.717, 1.165) is 19.0 Å². The zero-order valence-electron chi connectivity index (χ0n) is 21.6. The minimum absolute atomic E-state index is 0. The molecule has 1 aromatic heterocycles. The highest BCUT2D eigenvalue weighted by Crippen LogP contribution is 2.46. The lowest BCUT2D eigenvalue weighted by Crippen LogP contribution is -2.47. The lowest BCUT2D eigenvalue weighted by molar-refractivity contribution is 0.169. The molecule has 1 aliphatic heterocycles. The van der Waals surface area contributed by atoms with Crippen molar-refractivity contribution < 1.29 is 0 Å². The molecule has 0 radical (unpaired) electrons. The Balaban J connectivity index is 0.00000204. The van der Waals surface area contributed by atoms with Gasteiger partial charge < -0.3 is 4.90 Å². The van der Waals surface area contributed by atoms with Crippen LogP contribution in [-0.4, -0.2) is 42.6 Å². The smallest absolute Gasteiger partial charge is 0.0402 e. The van der Waals surface area contributed by atoms with Crippen LogP contribution >= 0.6 is 24.8 Å². The van der Waals surface area contributed by atoms with Crippen molar-refractivity contribution in [2.75, 3.05) is 37.6 Å². The van der Waals surface area contributed by atoms with Crippen LogP contribution in [0.15, 0.2) is 42.7 Å². The molecule has 1 aromatic carbocycles. The number of pyridine rings is 1. The van der Waals surface area contributed by atoms with Gasteiger partial charge in [-0.25, -0.2) is 0 Å². The SMILES string of the molecule is CCCCN1CCN(c2ccc(-c3cccnc3)cc2C2CCC(C(C)(C)C)CC2)CC1.Cl.Cl. The minimum Gasteiger partial charge on any atom is -0.369 e. The van der Waals surface area contributed by atoms with Gasteiger partial charge >= 0.3 is 0 Å².